The van der Waals surface area contributed by atoms with E-state index in [0.717, 1.165) is 31.8 Å². The van der Waals surface area contributed by atoms with E-state index in [9.17, 15) is 0 Å². The quantitative estimate of drug-likeness (QED) is 0.689. The molecule has 0 heterocycles. The van der Waals surface area contributed by atoms with Crippen molar-refractivity contribution in [3.8, 4) is 0 Å². The Bertz CT molecular complexity index is 164. The van der Waals surface area contributed by atoms with Crippen LogP contribution in [-0.2, 0) is 9.47 Å². The van der Waals surface area contributed by atoms with E-state index in [1.807, 2.05) is 0 Å². The van der Waals surface area contributed by atoms with Crippen LogP contribution in [0.2, 0.25) is 0 Å². The maximum Gasteiger partial charge on any atom is 0.0729 e. The lowest BCUT2D eigenvalue weighted by atomic mass is 9.85. The molecule has 1 rings (SSSR count). The predicted octanol–water partition coefficient (Wildman–Crippen LogP) is 1.95. The maximum absolute atomic E-state index is 6.02. The maximum atomic E-state index is 6.02. The largest absolute Gasteiger partial charge is 0.379 e. The number of ether oxygens (including phenoxy) is 2. The van der Waals surface area contributed by atoms with Crippen molar-refractivity contribution in [1.82, 2.24) is 0 Å². The lowest BCUT2D eigenvalue weighted by Crippen LogP contribution is -2.42. The summed E-state index contributed by atoms with van der Waals surface area (Å²) in [5.41, 5.74) is 6.02. The summed E-state index contributed by atoms with van der Waals surface area (Å²) in [4.78, 5) is 0. The summed E-state index contributed by atoms with van der Waals surface area (Å²) in [5, 5.41) is 0. The van der Waals surface area contributed by atoms with Gasteiger partial charge in [0.25, 0.3) is 0 Å². The molecule has 0 saturated heterocycles. The number of nitrogens with two attached hydrogens (primary N) is 1. The standard InChI is InChI=1S/C12H25NO2/c1-3-6-14-7-8-15-12-9-10(2)4-5-11(12)13/h10-12H,3-9,13H2,1-2H3. The average molecular weight is 215 g/mol. The first kappa shape index (κ1) is 12.9. The van der Waals surface area contributed by atoms with Gasteiger partial charge in [-0.3, -0.25) is 0 Å². The first-order valence-electron chi connectivity index (χ1n) is 6.19. The van der Waals surface area contributed by atoms with Crippen LogP contribution in [-0.4, -0.2) is 32.0 Å². The van der Waals surface area contributed by atoms with Crippen molar-refractivity contribution < 1.29 is 9.47 Å². The molecule has 0 aromatic heterocycles. The summed E-state index contributed by atoms with van der Waals surface area (Å²) in [6.45, 7) is 6.60. The molecule has 0 aliphatic heterocycles. The molecule has 0 aromatic rings. The molecule has 3 nitrogen and oxygen atoms in total. The van der Waals surface area contributed by atoms with Gasteiger partial charge in [-0.2, -0.15) is 0 Å². The van der Waals surface area contributed by atoms with Crippen LogP contribution >= 0.6 is 0 Å². The molecule has 0 radical (unpaired) electrons. The zero-order valence-corrected chi connectivity index (χ0v) is 10.1. The summed E-state index contributed by atoms with van der Waals surface area (Å²) in [6, 6.07) is 0.229. The monoisotopic (exact) mass is 215 g/mol. The molecule has 1 fully saturated rings. The van der Waals surface area contributed by atoms with Crippen LogP contribution < -0.4 is 5.73 Å². The Labute approximate surface area is 93.3 Å². The van der Waals surface area contributed by atoms with E-state index in [4.69, 9.17) is 15.2 Å². The van der Waals surface area contributed by atoms with E-state index in [2.05, 4.69) is 13.8 Å². The van der Waals surface area contributed by atoms with Crippen molar-refractivity contribution in [2.75, 3.05) is 19.8 Å². The van der Waals surface area contributed by atoms with Crippen molar-refractivity contribution >= 4 is 0 Å². The topological polar surface area (TPSA) is 44.5 Å². The molecule has 15 heavy (non-hydrogen) atoms. The van der Waals surface area contributed by atoms with E-state index in [1.54, 1.807) is 0 Å². The van der Waals surface area contributed by atoms with E-state index in [0.29, 0.717) is 13.2 Å². The van der Waals surface area contributed by atoms with Gasteiger partial charge in [-0.05, 0) is 31.6 Å². The van der Waals surface area contributed by atoms with Gasteiger partial charge in [-0.15, -0.1) is 0 Å². The van der Waals surface area contributed by atoms with E-state index < -0.39 is 0 Å². The Kier molecular flexibility index (Phi) is 6.22. The third-order valence-corrected chi connectivity index (χ3v) is 3.01. The Morgan fingerprint density at radius 3 is 2.73 bits per heavy atom. The summed E-state index contributed by atoms with van der Waals surface area (Å²) in [7, 11) is 0. The molecule has 90 valence electrons. The fourth-order valence-corrected chi connectivity index (χ4v) is 2.05. The third-order valence-electron chi connectivity index (χ3n) is 3.01. The van der Waals surface area contributed by atoms with Crippen molar-refractivity contribution in [2.45, 2.75) is 51.7 Å². The van der Waals surface area contributed by atoms with Gasteiger partial charge in [0.05, 0.1) is 19.3 Å². The minimum atomic E-state index is 0.229. The minimum absolute atomic E-state index is 0.229. The van der Waals surface area contributed by atoms with Gasteiger partial charge in [0.15, 0.2) is 0 Å². The second-order valence-corrected chi connectivity index (χ2v) is 4.60. The number of hydrogen-bond donors (Lipinski definition) is 1. The van der Waals surface area contributed by atoms with Crippen LogP contribution in [0, 0.1) is 5.92 Å². The van der Waals surface area contributed by atoms with Gasteiger partial charge >= 0.3 is 0 Å². The van der Waals surface area contributed by atoms with Crippen LogP contribution in [0.15, 0.2) is 0 Å². The Morgan fingerprint density at radius 1 is 1.20 bits per heavy atom. The fourth-order valence-electron chi connectivity index (χ4n) is 2.05. The molecular weight excluding hydrogens is 190 g/mol. The molecule has 1 saturated carbocycles. The van der Waals surface area contributed by atoms with Crippen molar-refractivity contribution in [3.63, 3.8) is 0 Å². The SMILES string of the molecule is CCCOCCOC1CC(C)CCC1N. The van der Waals surface area contributed by atoms with Crippen molar-refractivity contribution in [3.05, 3.63) is 0 Å². The Morgan fingerprint density at radius 2 is 2.00 bits per heavy atom. The van der Waals surface area contributed by atoms with E-state index in [1.165, 1.54) is 6.42 Å². The smallest absolute Gasteiger partial charge is 0.0729 e. The van der Waals surface area contributed by atoms with Crippen LogP contribution in [0.3, 0.4) is 0 Å². The number of hydrogen-bond acceptors (Lipinski definition) is 3. The lowest BCUT2D eigenvalue weighted by Gasteiger charge is -2.32. The molecule has 0 amide bonds. The highest BCUT2D eigenvalue weighted by molar-refractivity contribution is 4.81. The summed E-state index contributed by atoms with van der Waals surface area (Å²) in [5.74, 6) is 0.756. The highest BCUT2D eigenvalue weighted by atomic mass is 16.5. The van der Waals surface area contributed by atoms with Gasteiger partial charge in [0, 0.05) is 12.6 Å². The van der Waals surface area contributed by atoms with Crippen LogP contribution in [0.4, 0.5) is 0 Å². The van der Waals surface area contributed by atoms with Gasteiger partial charge in [0.1, 0.15) is 0 Å². The molecule has 1 aliphatic rings. The van der Waals surface area contributed by atoms with Gasteiger partial charge in [-0.25, -0.2) is 0 Å². The molecule has 0 aromatic carbocycles. The third kappa shape index (κ3) is 4.96. The van der Waals surface area contributed by atoms with Crippen molar-refractivity contribution in [1.29, 1.82) is 0 Å². The molecule has 1 aliphatic carbocycles. The molecule has 0 bridgehead atoms. The van der Waals surface area contributed by atoms with Crippen LogP contribution in [0.5, 0.6) is 0 Å². The summed E-state index contributed by atoms with van der Waals surface area (Å²) in [6.07, 6.45) is 4.77. The molecular formula is C12H25NO2. The molecule has 3 unspecified atom stereocenters. The molecule has 3 heteroatoms. The highest BCUT2D eigenvalue weighted by Gasteiger charge is 2.26. The van der Waals surface area contributed by atoms with Crippen LogP contribution in [0.25, 0.3) is 0 Å². The summed E-state index contributed by atoms with van der Waals surface area (Å²) < 4.78 is 11.1. The van der Waals surface area contributed by atoms with Crippen LogP contribution in [0.1, 0.15) is 39.5 Å². The van der Waals surface area contributed by atoms with Gasteiger partial charge in [0.2, 0.25) is 0 Å². The second-order valence-electron chi connectivity index (χ2n) is 4.60. The predicted molar refractivity (Wildman–Crippen MR) is 61.8 cm³/mol. The Hall–Kier alpha value is -0.120. The average Bonchev–Trinajstić information content (AvgIpc) is 2.23. The summed E-state index contributed by atoms with van der Waals surface area (Å²) >= 11 is 0. The van der Waals surface area contributed by atoms with E-state index >= 15 is 0 Å². The minimum Gasteiger partial charge on any atom is -0.379 e. The van der Waals surface area contributed by atoms with E-state index in [-0.39, 0.29) is 12.1 Å². The highest BCUT2D eigenvalue weighted by Crippen LogP contribution is 2.24. The normalized spacial score (nSPS) is 31.8. The van der Waals surface area contributed by atoms with Crippen molar-refractivity contribution in [2.24, 2.45) is 11.7 Å². The Balaban J connectivity index is 2.08. The zero-order valence-electron chi connectivity index (χ0n) is 10.1. The molecule has 2 N–H and O–H groups in total. The zero-order chi connectivity index (χ0) is 11.1. The number of rotatable bonds is 6. The van der Waals surface area contributed by atoms with Gasteiger partial charge < -0.3 is 15.2 Å². The fraction of sp³-hybridized carbons (Fsp3) is 1.00. The lowest BCUT2D eigenvalue weighted by molar-refractivity contribution is -0.0273. The second kappa shape index (κ2) is 7.20. The molecule has 0 spiro atoms. The molecule has 3 atom stereocenters. The van der Waals surface area contributed by atoms with Gasteiger partial charge in [-0.1, -0.05) is 13.8 Å². The first-order chi connectivity index (χ1) is 7.24. The first-order valence-corrected chi connectivity index (χ1v) is 6.19.